The summed E-state index contributed by atoms with van der Waals surface area (Å²) >= 11 is 0. The summed E-state index contributed by atoms with van der Waals surface area (Å²) in [6, 6.07) is 2.51. The highest BCUT2D eigenvalue weighted by Gasteiger charge is 2.10. The van der Waals surface area contributed by atoms with Crippen LogP contribution in [-0.4, -0.2) is 10.9 Å². The second kappa shape index (κ2) is 4.05. The van der Waals surface area contributed by atoms with E-state index in [-0.39, 0.29) is 11.3 Å². The normalized spacial score (nSPS) is 9.86. The standard InChI is InChI=1S/C11H11FO2/c1-3-4-8-5-9(7(2)13)6-10(12)11(8)14/h3,5-6,14H,1,4H2,2H3. The van der Waals surface area contributed by atoms with Crippen molar-refractivity contribution in [3.8, 4) is 5.75 Å². The minimum Gasteiger partial charge on any atom is -0.505 e. The zero-order valence-corrected chi connectivity index (χ0v) is 7.88. The molecule has 0 radical (unpaired) electrons. The molecule has 0 spiro atoms. The van der Waals surface area contributed by atoms with E-state index in [9.17, 15) is 14.3 Å². The van der Waals surface area contributed by atoms with Crippen molar-refractivity contribution in [2.45, 2.75) is 13.3 Å². The maximum Gasteiger partial charge on any atom is 0.165 e. The van der Waals surface area contributed by atoms with E-state index in [0.717, 1.165) is 6.07 Å². The first kappa shape index (κ1) is 10.4. The molecule has 0 saturated heterocycles. The molecule has 0 atom stereocenters. The van der Waals surface area contributed by atoms with Crippen molar-refractivity contribution >= 4 is 5.78 Å². The Morgan fingerprint density at radius 3 is 2.79 bits per heavy atom. The number of hydrogen-bond acceptors (Lipinski definition) is 2. The van der Waals surface area contributed by atoms with Crippen LogP contribution >= 0.6 is 0 Å². The molecule has 2 nitrogen and oxygen atoms in total. The zero-order valence-electron chi connectivity index (χ0n) is 7.88. The van der Waals surface area contributed by atoms with Crippen LogP contribution in [0.4, 0.5) is 4.39 Å². The summed E-state index contributed by atoms with van der Waals surface area (Å²) in [5.41, 5.74) is 0.641. The lowest BCUT2D eigenvalue weighted by Crippen LogP contribution is -1.96. The molecule has 0 aliphatic rings. The summed E-state index contributed by atoms with van der Waals surface area (Å²) in [6.07, 6.45) is 1.88. The number of Topliss-reactive ketones (excluding diaryl/α,β-unsaturated/α-hetero) is 1. The van der Waals surface area contributed by atoms with Gasteiger partial charge in [0.1, 0.15) is 0 Å². The fraction of sp³-hybridized carbons (Fsp3) is 0.182. The molecule has 3 heteroatoms. The molecule has 0 heterocycles. The zero-order chi connectivity index (χ0) is 10.7. The molecule has 0 aliphatic carbocycles. The van der Waals surface area contributed by atoms with Crippen molar-refractivity contribution in [3.63, 3.8) is 0 Å². The van der Waals surface area contributed by atoms with Crippen molar-refractivity contribution in [3.05, 3.63) is 41.7 Å². The Morgan fingerprint density at radius 1 is 1.64 bits per heavy atom. The number of rotatable bonds is 3. The first-order valence-corrected chi connectivity index (χ1v) is 4.19. The molecule has 0 fully saturated rings. The fourth-order valence-corrected chi connectivity index (χ4v) is 1.17. The van der Waals surface area contributed by atoms with E-state index < -0.39 is 11.6 Å². The molecule has 0 aliphatic heterocycles. The number of carbonyl (C=O) groups excluding carboxylic acids is 1. The van der Waals surface area contributed by atoms with Gasteiger partial charge in [0.25, 0.3) is 0 Å². The molecular weight excluding hydrogens is 183 g/mol. The molecule has 0 amide bonds. The molecule has 14 heavy (non-hydrogen) atoms. The fourth-order valence-electron chi connectivity index (χ4n) is 1.17. The molecule has 0 bridgehead atoms. The summed E-state index contributed by atoms with van der Waals surface area (Å²) in [5.74, 6) is -1.40. The summed E-state index contributed by atoms with van der Waals surface area (Å²) in [4.78, 5) is 11.0. The maximum atomic E-state index is 13.1. The number of carbonyl (C=O) groups is 1. The van der Waals surface area contributed by atoms with Gasteiger partial charge in [0.05, 0.1) is 0 Å². The first-order chi connectivity index (χ1) is 6.56. The van der Waals surface area contributed by atoms with E-state index in [1.165, 1.54) is 13.0 Å². The summed E-state index contributed by atoms with van der Waals surface area (Å²) in [7, 11) is 0. The number of allylic oxidation sites excluding steroid dienone is 1. The van der Waals surface area contributed by atoms with Crippen LogP contribution in [0.5, 0.6) is 5.75 Å². The number of halogens is 1. The second-order valence-electron chi connectivity index (χ2n) is 3.01. The topological polar surface area (TPSA) is 37.3 Å². The van der Waals surface area contributed by atoms with Crippen LogP contribution in [-0.2, 0) is 6.42 Å². The Morgan fingerprint density at radius 2 is 2.29 bits per heavy atom. The number of hydrogen-bond donors (Lipinski definition) is 1. The van der Waals surface area contributed by atoms with Crippen molar-refractivity contribution in [1.29, 1.82) is 0 Å². The van der Waals surface area contributed by atoms with Gasteiger partial charge in [-0.3, -0.25) is 4.79 Å². The van der Waals surface area contributed by atoms with Crippen LogP contribution in [0.2, 0.25) is 0 Å². The van der Waals surface area contributed by atoms with E-state index in [0.29, 0.717) is 12.0 Å². The van der Waals surface area contributed by atoms with Gasteiger partial charge in [-0.25, -0.2) is 4.39 Å². The van der Waals surface area contributed by atoms with E-state index in [1.54, 1.807) is 6.08 Å². The van der Waals surface area contributed by atoms with E-state index in [1.807, 2.05) is 0 Å². The SMILES string of the molecule is C=CCc1cc(C(C)=O)cc(F)c1O. The lowest BCUT2D eigenvalue weighted by atomic mass is 10.0. The van der Waals surface area contributed by atoms with Crippen molar-refractivity contribution in [2.24, 2.45) is 0 Å². The average Bonchev–Trinajstić information content (AvgIpc) is 2.12. The predicted octanol–water partition coefficient (Wildman–Crippen LogP) is 2.46. The average molecular weight is 194 g/mol. The highest BCUT2D eigenvalue weighted by atomic mass is 19.1. The minimum absolute atomic E-state index is 0.228. The van der Waals surface area contributed by atoms with Crippen molar-refractivity contribution in [1.82, 2.24) is 0 Å². The van der Waals surface area contributed by atoms with E-state index >= 15 is 0 Å². The van der Waals surface area contributed by atoms with Crippen molar-refractivity contribution in [2.75, 3.05) is 0 Å². The quantitative estimate of drug-likeness (QED) is 0.592. The number of ketones is 1. The van der Waals surface area contributed by atoms with Gasteiger partial charge in [-0.2, -0.15) is 0 Å². The van der Waals surface area contributed by atoms with Gasteiger partial charge in [-0.1, -0.05) is 6.08 Å². The van der Waals surface area contributed by atoms with Crippen LogP contribution in [0.3, 0.4) is 0 Å². The maximum absolute atomic E-state index is 13.1. The van der Waals surface area contributed by atoms with E-state index in [2.05, 4.69) is 6.58 Å². The number of phenols is 1. The van der Waals surface area contributed by atoms with Crippen LogP contribution in [0, 0.1) is 5.82 Å². The number of aromatic hydroxyl groups is 1. The highest BCUT2D eigenvalue weighted by molar-refractivity contribution is 5.94. The molecule has 1 rings (SSSR count). The lowest BCUT2D eigenvalue weighted by molar-refractivity contribution is 0.101. The molecule has 1 aromatic carbocycles. The summed E-state index contributed by atoms with van der Waals surface area (Å²) < 4.78 is 13.1. The van der Waals surface area contributed by atoms with Crippen LogP contribution in [0.15, 0.2) is 24.8 Å². The van der Waals surface area contributed by atoms with Gasteiger partial charge in [-0.15, -0.1) is 6.58 Å². The third kappa shape index (κ3) is 1.99. The highest BCUT2D eigenvalue weighted by Crippen LogP contribution is 2.24. The van der Waals surface area contributed by atoms with Crippen molar-refractivity contribution < 1.29 is 14.3 Å². The minimum atomic E-state index is -0.769. The summed E-state index contributed by atoms with van der Waals surface area (Å²) in [5, 5.41) is 9.30. The number of phenolic OH excluding ortho intramolecular Hbond substituents is 1. The van der Waals surface area contributed by atoms with Gasteiger partial charge in [-0.05, 0) is 25.5 Å². The Balaban J connectivity index is 3.27. The van der Waals surface area contributed by atoms with Gasteiger partial charge < -0.3 is 5.11 Å². The van der Waals surface area contributed by atoms with Gasteiger partial charge in [0.15, 0.2) is 17.3 Å². The molecule has 0 aromatic heterocycles. The number of benzene rings is 1. The van der Waals surface area contributed by atoms with Gasteiger partial charge in [0.2, 0.25) is 0 Å². The smallest absolute Gasteiger partial charge is 0.165 e. The van der Waals surface area contributed by atoms with Crippen LogP contribution in [0.25, 0.3) is 0 Å². The third-order valence-electron chi connectivity index (χ3n) is 1.91. The van der Waals surface area contributed by atoms with Crippen LogP contribution < -0.4 is 0 Å². The Labute approximate surface area is 81.7 Å². The largest absolute Gasteiger partial charge is 0.505 e. The summed E-state index contributed by atoms with van der Waals surface area (Å²) in [6.45, 7) is 4.83. The molecule has 0 unspecified atom stereocenters. The molecule has 0 saturated carbocycles. The van der Waals surface area contributed by atoms with Gasteiger partial charge in [0, 0.05) is 11.1 Å². The predicted molar refractivity (Wildman–Crippen MR) is 52.0 cm³/mol. The van der Waals surface area contributed by atoms with Crippen LogP contribution in [0.1, 0.15) is 22.8 Å². The molecular formula is C11H11FO2. The van der Waals surface area contributed by atoms with Gasteiger partial charge >= 0.3 is 0 Å². The first-order valence-electron chi connectivity index (χ1n) is 4.19. The molecule has 1 aromatic rings. The third-order valence-corrected chi connectivity index (χ3v) is 1.91. The Hall–Kier alpha value is -1.64. The Bertz CT molecular complexity index is 383. The Kier molecular flexibility index (Phi) is 3.02. The van der Waals surface area contributed by atoms with E-state index in [4.69, 9.17) is 0 Å². The lowest BCUT2D eigenvalue weighted by Gasteiger charge is -2.05. The second-order valence-corrected chi connectivity index (χ2v) is 3.01. The molecule has 74 valence electrons. The molecule has 1 N–H and O–H groups in total. The monoisotopic (exact) mass is 194 g/mol.